The number of nitrogens with one attached hydrogen (secondary N) is 2. The molecule has 0 fully saturated rings. The Hall–Kier alpha value is -2.37. The Bertz CT molecular complexity index is 1000. The van der Waals surface area contributed by atoms with E-state index in [1.165, 1.54) is 22.8 Å². The number of anilines is 2. The highest BCUT2D eigenvalue weighted by molar-refractivity contribution is 6.29. The highest BCUT2D eigenvalue weighted by Gasteiger charge is 2.38. The van der Waals surface area contributed by atoms with Crippen LogP contribution in [0.5, 0.6) is 0 Å². The van der Waals surface area contributed by atoms with Gasteiger partial charge in [-0.05, 0) is 25.8 Å². The smallest absolute Gasteiger partial charge is 0.343 e. The molecule has 0 radical (unpaired) electrons. The molecule has 2 unspecified atom stereocenters. The van der Waals surface area contributed by atoms with E-state index in [1.54, 1.807) is 0 Å². The fraction of sp³-hybridized carbons (Fsp3) is 0.429. The molecular weight excluding hydrogens is 402 g/mol. The second-order valence-corrected chi connectivity index (χ2v) is 5.16. The van der Waals surface area contributed by atoms with Crippen LogP contribution in [0.1, 0.15) is 23.3 Å². The molecule has 0 aromatic carbocycles. The number of aromatic nitrogens is 4. The lowest BCUT2D eigenvalue weighted by molar-refractivity contribution is -0.139. The molecule has 2 N–H and O–H groups in total. The van der Waals surface area contributed by atoms with Gasteiger partial charge in [0.15, 0.2) is 5.82 Å². The number of pyridine rings is 1. The molecule has 0 saturated heterocycles. The second kappa shape index (κ2) is 7.71. The maximum Gasteiger partial charge on any atom is 0.408 e. The first-order chi connectivity index (χ1) is 15.1. The molecule has 2 aromatic rings. The van der Waals surface area contributed by atoms with Crippen molar-refractivity contribution in [2.75, 3.05) is 10.6 Å². The highest BCUT2D eigenvalue weighted by Crippen LogP contribution is 2.26. The van der Waals surface area contributed by atoms with E-state index in [2.05, 4.69) is 19.9 Å². The number of nitrogens with zero attached hydrogens (tertiary/aromatic N) is 4. The van der Waals surface area contributed by atoms with Crippen LogP contribution in [0.25, 0.3) is 11.5 Å². The number of halogens is 7. The maximum absolute atomic E-state index is 13.4. The Morgan fingerprint density at radius 3 is 2.15 bits per heavy atom. The molecular formula is C14H13ClF6N6. The van der Waals surface area contributed by atoms with Crippen LogP contribution in [-0.4, -0.2) is 44.3 Å². The Morgan fingerprint density at radius 1 is 0.963 bits per heavy atom. The van der Waals surface area contributed by atoms with Crippen LogP contribution < -0.4 is 10.6 Å². The van der Waals surface area contributed by atoms with Gasteiger partial charge in [0.25, 0.3) is 0 Å². The first-order valence-electron chi connectivity index (χ1n) is 10.2. The van der Waals surface area contributed by atoms with E-state index >= 15 is 0 Å². The molecule has 2 heterocycles. The molecule has 0 aliphatic rings. The van der Waals surface area contributed by atoms with Crippen molar-refractivity contribution in [1.29, 1.82) is 0 Å². The van der Waals surface area contributed by atoms with Crippen LogP contribution in [0.2, 0.25) is 5.15 Å². The molecule has 0 spiro atoms. The van der Waals surface area contributed by atoms with Crippen molar-refractivity contribution in [3.63, 3.8) is 0 Å². The Labute approximate surface area is 164 Å². The van der Waals surface area contributed by atoms with Gasteiger partial charge in [-0.3, -0.25) is 0 Å². The van der Waals surface area contributed by atoms with Crippen molar-refractivity contribution in [3.05, 3.63) is 23.4 Å². The van der Waals surface area contributed by atoms with Gasteiger partial charge in [0.2, 0.25) is 11.9 Å². The van der Waals surface area contributed by atoms with Gasteiger partial charge in [0.1, 0.15) is 22.9 Å². The third-order valence-corrected chi connectivity index (χ3v) is 2.91. The van der Waals surface area contributed by atoms with E-state index in [-0.39, 0.29) is 10.8 Å². The summed E-state index contributed by atoms with van der Waals surface area (Å²) in [4.78, 5) is 14.0. The molecule has 2 atom stereocenters. The molecule has 0 aliphatic heterocycles. The van der Waals surface area contributed by atoms with Gasteiger partial charge in [-0.15, -0.1) is 0 Å². The molecule has 148 valence electrons. The van der Waals surface area contributed by atoms with Crippen molar-refractivity contribution in [2.24, 2.45) is 0 Å². The van der Waals surface area contributed by atoms with Crippen LogP contribution in [0, 0.1) is 0 Å². The Balaban J connectivity index is 2.69. The summed E-state index contributed by atoms with van der Waals surface area (Å²) in [5.74, 6) is -3.20. The number of alkyl halides is 6. The lowest BCUT2D eigenvalue weighted by Crippen LogP contribution is -2.35. The summed E-state index contributed by atoms with van der Waals surface area (Å²) >= 11 is 5.71. The fourth-order valence-corrected chi connectivity index (χ4v) is 1.70. The van der Waals surface area contributed by atoms with Gasteiger partial charge in [-0.25, -0.2) is 4.98 Å². The molecule has 0 amide bonds. The van der Waals surface area contributed by atoms with Crippen LogP contribution in [0.3, 0.4) is 0 Å². The zero-order valence-corrected chi connectivity index (χ0v) is 13.5. The SMILES string of the molecule is [2H]C([2H])([2H])C(Nc1nc(NC([2H])(C([2H])([2H])[2H])C(F)(F)F)nc(-c2cccc(Cl)n2)n1)C(F)(F)F. The lowest BCUT2D eigenvalue weighted by Gasteiger charge is -2.20. The second-order valence-electron chi connectivity index (χ2n) is 4.77. The average molecular weight is 422 g/mol. The molecule has 6 nitrogen and oxygen atoms in total. The molecule has 0 aliphatic carbocycles. The van der Waals surface area contributed by atoms with E-state index in [0.29, 0.717) is 0 Å². The van der Waals surface area contributed by atoms with Crippen LogP contribution in [0.15, 0.2) is 18.2 Å². The van der Waals surface area contributed by atoms with Crippen LogP contribution >= 0.6 is 11.6 Å². The molecule has 0 saturated carbocycles. The normalized spacial score (nSPS) is 20.5. The topological polar surface area (TPSA) is 75.6 Å². The summed E-state index contributed by atoms with van der Waals surface area (Å²) < 4.78 is 130. The van der Waals surface area contributed by atoms with Gasteiger partial charge in [-0.2, -0.15) is 41.3 Å². The summed E-state index contributed by atoms with van der Waals surface area (Å²) in [6.07, 6.45) is -11.1. The molecule has 2 rings (SSSR count). The minimum absolute atomic E-state index is 0.176. The minimum atomic E-state index is -5.74. The number of rotatable bonds is 5. The lowest BCUT2D eigenvalue weighted by atomic mass is 10.3. The predicted octanol–water partition coefficient (Wildman–Crippen LogP) is 4.31. The quantitative estimate of drug-likeness (QED) is 0.553. The molecule has 13 heteroatoms. The summed E-state index contributed by atoms with van der Waals surface area (Å²) in [5.41, 5.74) is -0.296. The molecule has 2 aromatic heterocycles. The van der Waals surface area contributed by atoms with Crippen molar-refractivity contribution in [2.45, 2.75) is 38.1 Å². The fourth-order valence-electron chi connectivity index (χ4n) is 1.54. The monoisotopic (exact) mass is 421 g/mol. The average Bonchev–Trinajstić information content (AvgIpc) is 2.62. The Morgan fingerprint density at radius 2 is 1.63 bits per heavy atom. The maximum atomic E-state index is 13.4. The van der Waals surface area contributed by atoms with Gasteiger partial charge in [0, 0.05) is 8.22 Å². The first-order valence-corrected chi connectivity index (χ1v) is 7.10. The van der Waals surface area contributed by atoms with Crippen LogP contribution in [0.4, 0.5) is 38.2 Å². The van der Waals surface area contributed by atoms with Crippen molar-refractivity contribution in [3.8, 4) is 11.5 Å². The largest absolute Gasteiger partial charge is 0.408 e. The summed E-state index contributed by atoms with van der Waals surface area (Å²) in [5, 5.41) is 2.52. The third-order valence-electron chi connectivity index (χ3n) is 2.70. The van der Waals surface area contributed by atoms with E-state index < -0.39 is 55.8 Å². The van der Waals surface area contributed by atoms with Gasteiger partial charge in [0.05, 0.1) is 1.37 Å². The van der Waals surface area contributed by atoms with Crippen molar-refractivity contribution >= 4 is 23.5 Å². The molecule has 27 heavy (non-hydrogen) atoms. The zero-order chi connectivity index (χ0) is 26.3. The van der Waals surface area contributed by atoms with Gasteiger partial charge in [-0.1, -0.05) is 17.7 Å². The van der Waals surface area contributed by atoms with Crippen molar-refractivity contribution in [1.82, 2.24) is 19.9 Å². The summed E-state index contributed by atoms with van der Waals surface area (Å²) in [6.45, 7) is -7.75. The van der Waals surface area contributed by atoms with Crippen LogP contribution in [-0.2, 0) is 0 Å². The van der Waals surface area contributed by atoms with E-state index in [0.717, 1.165) is 6.07 Å². The van der Waals surface area contributed by atoms with E-state index in [9.17, 15) is 26.3 Å². The highest BCUT2D eigenvalue weighted by atomic mass is 35.5. The molecule has 0 bridgehead atoms. The van der Waals surface area contributed by atoms with E-state index in [4.69, 9.17) is 21.2 Å². The van der Waals surface area contributed by atoms with Crippen molar-refractivity contribution < 1.29 is 35.9 Å². The standard InChI is InChI=1S/C14H13ClF6N6/c1-6(13(16,17)18)22-11-25-10(8-4-3-5-9(15)24-8)26-12(27-11)23-7(2)14(19,20)21/h3-7H,1-2H3,(H2,22,23,25,26,27)/i1D3,2D3,6D. The third kappa shape index (κ3) is 5.81. The zero-order valence-electron chi connectivity index (χ0n) is 19.7. The summed E-state index contributed by atoms with van der Waals surface area (Å²) in [6, 6.07) is -3.96. The minimum Gasteiger partial charge on any atom is -0.343 e. The predicted molar refractivity (Wildman–Crippen MR) is 86.3 cm³/mol. The van der Waals surface area contributed by atoms with Gasteiger partial charge >= 0.3 is 12.4 Å². The number of hydrogen-bond acceptors (Lipinski definition) is 6. The van der Waals surface area contributed by atoms with Gasteiger partial charge < -0.3 is 10.6 Å². The number of hydrogen-bond donors (Lipinski definition) is 2. The van der Waals surface area contributed by atoms with E-state index in [1.807, 2.05) is 0 Å². The summed E-state index contributed by atoms with van der Waals surface area (Å²) in [7, 11) is 0. The Kier molecular flexibility index (Phi) is 3.69. The first kappa shape index (κ1) is 12.9.